The van der Waals surface area contributed by atoms with Gasteiger partial charge in [-0.05, 0) is 25.1 Å². The molecule has 0 radical (unpaired) electrons. The number of ether oxygens (including phenoxy) is 1. The summed E-state index contributed by atoms with van der Waals surface area (Å²) in [5.41, 5.74) is 0.843. The Bertz CT molecular complexity index is 929. The minimum absolute atomic E-state index is 0.0462. The van der Waals surface area contributed by atoms with E-state index in [0.29, 0.717) is 26.3 Å². The lowest BCUT2D eigenvalue weighted by molar-refractivity contribution is 0.122. The molecule has 0 spiro atoms. The van der Waals surface area contributed by atoms with E-state index in [0.717, 1.165) is 5.56 Å². The van der Waals surface area contributed by atoms with E-state index in [9.17, 15) is 17.2 Å². The molecule has 0 amide bonds. The fourth-order valence-electron chi connectivity index (χ4n) is 2.69. The Labute approximate surface area is 161 Å². The van der Waals surface area contributed by atoms with Crippen LogP contribution in [0, 0.1) is 18.6 Å². The van der Waals surface area contributed by atoms with E-state index in [1.54, 1.807) is 17.0 Å². The van der Waals surface area contributed by atoms with Gasteiger partial charge >= 0.3 is 0 Å². The molecule has 0 bridgehead atoms. The van der Waals surface area contributed by atoms with Gasteiger partial charge in [-0.15, -0.1) is 0 Å². The summed E-state index contributed by atoms with van der Waals surface area (Å²) in [5, 5.41) is -0.690. The highest BCUT2D eigenvalue weighted by Crippen LogP contribution is 2.32. The second kappa shape index (κ2) is 8.10. The molecule has 27 heavy (non-hydrogen) atoms. The first-order valence-electron chi connectivity index (χ1n) is 8.25. The van der Waals surface area contributed by atoms with Crippen molar-refractivity contribution in [2.45, 2.75) is 18.4 Å². The van der Waals surface area contributed by atoms with Crippen molar-refractivity contribution in [1.82, 2.24) is 0 Å². The number of anilines is 1. The summed E-state index contributed by atoms with van der Waals surface area (Å²) in [6.45, 7) is 2.87. The van der Waals surface area contributed by atoms with Crippen LogP contribution in [0.15, 0.2) is 35.2 Å². The standard InChI is InChI=1S/C18H18ClF2NO4S/c1-12-2-4-14(5-3-12)27(23,24)26-11-13-10-15(18(21)16(19)17(13)20)22-6-8-25-9-7-22/h2-5,10H,6-9,11H2,1H3. The van der Waals surface area contributed by atoms with Crippen molar-refractivity contribution in [3.8, 4) is 0 Å². The first-order chi connectivity index (χ1) is 12.8. The number of hydrogen-bond donors (Lipinski definition) is 0. The summed E-state index contributed by atoms with van der Waals surface area (Å²) in [5.74, 6) is -1.92. The lowest BCUT2D eigenvalue weighted by atomic mass is 10.1. The molecule has 0 aromatic heterocycles. The molecule has 1 aliphatic heterocycles. The molecule has 2 aromatic carbocycles. The normalized spacial score (nSPS) is 15.2. The molecule has 0 saturated carbocycles. The van der Waals surface area contributed by atoms with Gasteiger partial charge in [0.1, 0.15) is 5.02 Å². The van der Waals surface area contributed by atoms with Gasteiger partial charge in [0.05, 0.1) is 30.4 Å². The highest BCUT2D eigenvalue weighted by molar-refractivity contribution is 7.86. The number of hydrogen-bond acceptors (Lipinski definition) is 5. The fourth-order valence-corrected chi connectivity index (χ4v) is 3.80. The van der Waals surface area contributed by atoms with Crippen LogP contribution >= 0.6 is 11.6 Å². The maximum Gasteiger partial charge on any atom is 0.297 e. The van der Waals surface area contributed by atoms with Crippen LogP contribution in [0.2, 0.25) is 5.02 Å². The van der Waals surface area contributed by atoms with Gasteiger partial charge in [-0.1, -0.05) is 29.3 Å². The molecule has 0 atom stereocenters. The molecule has 1 fully saturated rings. The van der Waals surface area contributed by atoms with Crippen LogP contribution in [0.25, 0.3) is 0 Å². The highest BCUT2D eigenvalue weighted by atomic mass is 35.5. The Kier molecular flexibility index (Phi) is 6.00. The first-order valence-corrected chi connectivity index (χ1v) is 10.0. The van der Waals surface area contributed by atoms with E-state index >= 15 is 0 Å². The predicted octanol–water partition coefficient (Wildman–Crippen LogP) is 3.67. The maximum absolute atomic E-state index is 14.4. The molecule has 1 saturated heterocycles. The molecule has 0 aliphatic carbocycles. The third-order valence-corrected chi connectivity index (χ3v) is 5.84. The number of nitrogens with zero attached hydrogens (tertiary/aromatic N) is 1. The first kappa shape index (κ1) is 20.0. The average Bonchev–Trinajstić information content (AvgIpc) is 2.67. The largest absolute Gasteiger partial charge is 0.378 e. The van der Waals surface area contributed by atoms with Crippen LogP contribution in [-0.4, -0.2) is 34.7 Å². The summed E-state index contributed by atoms with van der Waals surface area (Å²) in [4.78, 5) is 1.62. The van der Waals surface area contributed by atoms with Gasteiger partial charge in [0, 0.05) is 18.7 Å². The number of morpholine rings is 1. The van der Waals surface area contributed by atoms with Crippen molar-refractivity contribution in [1.29, 1.82) is 0 Å². The topological polar surface area (TPSA) is 55.8 Å². The van der Waals surface area contributed by atoms with Gasteiger partial charge in [-0.25, -0.2) is 8.78 Å². The van der Waals surface area contributed by atoms with Crippen molar-refractivity contribution in [3.05, 3.63) is 58.1 Å². The lowest BCUT2D eigenvalue weighted by Gasteiger charge is -2.29. The number of aryl methyl sites for hydroxylation is 1. The Morgan fingerprint density at radius 3 is 2.41 bits per heavy atom. The Hall–Kier alpha value is -1.74. The van der Waals surface area contributed by atoms with Crippen molar-refractivity contribution >= 4 is 27.4 Å². The zero-order valence-corrected chi connectivity index (χ0v) is 16.1. The van der Waals surface area contributed by atoms with E-state index in [1.165, 1.54) is 18.2 Å². The molecule has 146 valence electrons. The smallest absolute Gasteiger partial charge is 0.297 e. The number of benzene rings is 2. The van der Waals surface area contributed by atoms with Crippen LogP contribution in [-0.2, 0) is 25.6 Å². The molecule has 2 aromatic rings. The van der Waals surface area contributed by atoms with Crippen molar-refractivity contribution in [3.63, 3.8) is 0 Å². The van der Waals surface area contributed by atoms with Crippen LogP contribution in [0.1, 0.15) is 11.1 Å². The van der Waals surface area contributed by atoms with Gasteiger partial charge in [0.25, 0.3) is 10.1 Å². The van der Waals surface area contributed by atoms with Crippen LogP contribution in [0.4, 0.5) is 14.5 Å². The monoisotopic (exact) mass is 417 g/mol. The van der Waals surface area contributed by atoms with E-state index in [-0.39, 0.29) is 16.1 Å². The molecule has 5 nitrogen and oxygen atoms in total. The third kappa shape index (κ3) is 4.40. The van der Waals surface area contributed by atoms with E-state index in [4.69, 9.17) is 20.5 Å². The second-order valence-electron chi connectivity index (χ2n) is 6.13. The van der Waals surface area contributed by atoms with Crippen LogP contribution in [0.5, 0.6) is 0 Å². The SMILES string of the molecule is Cc1ccc(S(=O)(=O)OCc2cc(N3CCOCC3)c(F)c(Cl)c2F)cc1. The van der Waals surface area contributed by atoms with Crippen molar-refractivity contribution in [2.24, 2.45) is 0 Å². The third-order valence-electron chi connectivity index (χ3n) is 4.23. The van der Waals surface area contributed by atoms with Crippen LogP contribution in [0.3, 0.4) is 0 Å². The molecule has 1 aliphatic rings. The molecule has 0 N–H and O–H groups in total. The minimum atomic E-state index is -4.09. The molecular weight excluding hydrogens is 400 g/mol. The molecule has 1 heterocycles. The summed E-state index contributed by atoms with van der Waals surface area (Å²) >= 11 is 5.78. The van der Waals surface area contributed by atoms with E-state index in [1.807, 2.05) is 6.92 Å². The minimum Gasteiger partial charge on any atom is -0.378 e. The molecule has 0 unspecified atom stereocenters. The van der Waals surface area contributed by atoms with Gasteiger partial charge in [0.2, 0.25) is 0 Å². The zero-order chi connectivity index (χ0) is 19.6. The lowest BCUT2D eigenvalue weighted by Crippen LogP contribution is -2.37. The van der Waals surface area contributed by atoms with Gasteiger partial charge in [-0.3, -0.25) is 4.18 Å². The fraction of sp³-hybridized carbons (Fsp3) is 0.333. The van der Waals surface area contributed by atoms with Gasteiger partial charge in [-0.2, -0.15) is 8.42 Å². The summed E-state index contributed by atoms with van der Waals surface area (Å²) in [6.07, 6.45) is 0. The Balaban J connectivity index is 1.85. The van der Waals surface area contributed by atoms with Crippen molar-refractivity contribution in [2.75, 3.05) is 31.2 Å². The zero-order valence-electron chi connectivity index (χ0n) is 14.5. The summed E-state index contributed by atoms with van der Waals surface area (Å²) in [7, 11) is -4.09. The summed E-state index contributed by atoms with van der Waals surface area (Å²) in [6, 6.07) is 7.28. The Morgan fingerprint density at radius 2 is 1.78 bits per heavy atom. The van der Waals surface area contributed by atoms with E-state index in [2.05, 4.69) is 0 Å². The number of rotatable bonds is 5. The van der Waals surface area contributed by atoms with Crippen molar-refractivity contribution < 1.29 is 26.1 Å². The highest BCUT2D eigenvalue weighted by Gasteiger charge is 2.24. The molecule has 3 rings (SSSR count). The second-order valence-corrected chi connectivity index (χ2v) is 8.12. The summed E-state index contributed by atoms with van der Waals surface area (Å²) < 4.78 is 63.5. The maximum atomic E-state index is 14.4. The number of halogens is 3. The Morgan fingerprint density at radius 1 is 1.15 bits per heavy atom. The van der Waals surface area contributed by atoms with Gasteiger partial charge < -0.3 is 9.64 Å². The van der Waals surface area contributed by atoms with Gasteiger partial charge in [0.15, 0.2) is 11.6 Å². The predicted molar refractivity (Wildman–Crippen MR) is 97.6 cm³/mol. The average molecular weight is 418 g/mol. The van der Waals surface area contributed by atoms with E-state index < -0.39 is 33.4 Å². The quantitative estimate of drug-likeness (QED) is 0.549. The molecule has 9 heteroatoms. The van der Waals surface area contributed by atoms with Crippen LogP contribution < -0.4 is 4.90 Å². The molecular formula is C18H18ClF2NO4S.